The van der Waals surface area contributed by atoms with Crippen LogP contribution in [0, 0.1) is 0 Å². The second-order valence-electron chi connectivity index (χ2n) is 7.36. The second kappa shape index (κ2) is 13.4. The van der Waals surface area contributed by atoms with Gasteiger partial charge in [0.05, 0.1) is 20.8 Å². The molecule has 0 amide bonds. The summed E-state index contributed by atoms with van der Waals surface area (Å²) in [6.07, 6.45) is 0.847. The van der Waals surface area contributed by atoms with Gasteiger partial charge in [-0.05, 0) is 62.8 Å². The first-order valence-electron chi connectivity index (χ1n) is 10.6. The molecule has 2 rings (SSSR count). The van der Waals surface area contributed by atoms with Crippen molar-refractivity contribution in [2.75, 3.05) is 54.6 Å². The fraction of sp³-hybridized carbons (Fsp3) is 0.458. The standard InChI is InChI=1S/C24H36N4O3/c1-6-25-24(26-13-12-19-10-11-22(29-4)23(17-19)30-5)27-18-20-8-7-9-21(16-20)31-15-14-28(2)3/h7-11,16-17H,6,12-15,18H2,1-5H3,(H2,25,26,27). The minimum Gasteiger partial charge on any atom is -0.493 e. The zero-order valence-electron chi connectivity index (χ0n) is 19.4. The van der Waals surface area contributed by atoms with Gasteiger partial charge in [-0.1, -0.05) is 18.2 Å². The molecule has 0 radical (unpaired) electrons. The van der Waals surface area contributed by atoms with E-state index in [1.165, 1.54) is 5.56 Å². The molecule has 0 unspecified atom stereocenters. The molecular formula is C24H36N4O3. The zero-order valence-corrected chi connectivity index (χ0v) is 19.4. The molecular weight excluding hydrogens is 392 g/mol. The third-order valence-corrected chi connectivity index (χ3v) is 4.62. The number of likely N-dealkylation sites (N-methyl/N-ethyl adjacent to an activating group) is 1. The maximum atomic E-state index is 5.82. The summed E-state index contributed by atoms with van der Waals surface area (Å²) in [6, 6.07) is 14.1. The average Bonchev–Trinajstić information content (AvgIpc) is 2.77. The highest BCUT2D eigenvalue weighted by Gasteiger charge is 2.05. The Hall–Kier alpha value is -2.93. The summed E-state index contributed by atoms with van der Waals surface area (Å²) >= 11 is 0. The van der Waals surface area contributed by atoms with Crippen LogP contribution in [0.4, 0.5) is 0 Å². The Balaban J connectivity index is 1.90. The fourth-order valence-corrected chi connectivity index (χ4v) is 2.95. The first-order valence-corrected chi connectivity index (χ1v) is 10.6. The highest BCUT2D eigenvalue weighted by molar-refractivity contribution is 5.79. The molecule has 0 atom stereocenters. The molecule has 0 saturated heterocycles. The Morgan fingerprint density at radius 2 is 1.77 bits per heavy atom. The molecule has 7 nitrogen and oxygen atoms in total. The van der Waals surface area contributed by atoms with E-state index in [9.17, 15) is 0 Å². The molecule has 0 aliphatic heterocycles. The average molecular weight is 429 g/mol. The van der Waals surface area contributed by atoms with Gasteiger partial charge < -0.3 is 29.7 Å². The molecule has 7 heteroatoms. The van der Waals surface area contributed by atoms with Crippen molar-refractivity contribution in [2.24, 2.45) is 4.99 Å². The van der Waals surface area contributed by atoms with Crippen LogP contribution >= 0.6 is 0 Å². The minimum atomic E-state index is 0.580. The van der Waals surface area contributed by atoms with Gasteiger partial charge in [0.2, 0.25) is 0 Å². The molecule has 0 bridgehead atoms. The van der Waals surface area contributed by atoms with E-state index in [1.54, 1.807) is 14.2 Å². The predicted octanol–water partition coefficient (Wildman–Crippen LogP) is 2.94. The quantitative estimate of drug-likeness (QED) is 0.400. The van der Waals surface area contributed by atoms with Crippen LogP contribution < -0.4 is 24.8 Å². The molecule has 2 N–H and O–H groups in total. The normalized spacial score (nSPS) is 11.4. The van der Waals surface area contributed by atoms with Crippen molar-refractivity contribution in [3.8, 4) is 17.2 Å². The van der Waals surface area contributed by atoms with Gasteiger partial charge in [-0.3, -0.25) is 0 Å². The molecule has 0 aromatic heterocycles. The molecule has 0 fully saturated rings. The number of nitrogens with zero attached hydrogens (tertiary/aromatic N) is 2. The highest BCUT2D eigenvalue weighted by Crippen LogP contribution is 2.27. The SMILES string of the molecule is CCNC(=NCc1cccc(OCCN(C)C)c1)NCCc1ccc(OC)c(OC)c1. The van der Waals surface area contributed by atoms with Crippen LogP contribution in [-0.4, -0.2) is 65.4 Å². The van der Waals surface area contributed by atoms with Gasteiger partial charge in [0, 0.05) is 19.6 Å². The molecule has 0 spiro atoms. The van der Waals surface area contributed by atoms with Gasteiger partial charge in [0.25, 0.3) is 0 Å². The van der Waals surface area contributed by atoms with Gasteiger partial charge in [0.1, 0.15) is 12.4 Å². The summed E-state index contributed by atoms with van der Waals surface area (Å²) in [7, 11) is 7.37. The van der Waals surface area contributed by atoms with Crippen molar-refractivity contribution >= 4 is 5.96 Å². The van der Waals surface area contributed by atoms with Gasteiger partial charge in [-0.15, -0.1) is 0 Å². The number of aliphatic imine (C=N–C) groups is 1. The third kappa shape index (κ3) is 8.76. The van der Waals surface area contributed by atoms with Crippen molar-refractivity contribution in [1.82, 2.24) is 15.5 Å². The van der Waals surface area contributed by atoms with E-state index in [2.05, 4.69) is 34.6 Å². The molecule has 0 aliphatic carbocycles. The van der Waals surface area contributed by atoms with Crippen LogP contribution in [-0.2, 0) is 13.0 Å². The van der Waals surface area contributed by atoms with Crippen molar-refractivity contribution in [3.63, 3.8) is 0 Å². The summed E-state index contributed by atoms with van der Waals surface area (Å²) in [5, 5.41) is 6.70. The number of benzene rings is 2. The Labute approximate surface area is 186 Å². The van der Waals surface area contributed by atoms with Crippen LogP contribution in [0.3, 0.4) is 0 Å². The van der Waals surface area contributed by atoms with Gasteiger partial charge >= 0.3 is 0 Å². The van der Waals surface area contributed by atoms with E-state index in [4.69, 9.17) is 19.2 Å². The van der Waals surface area contributed by atoms with Gasteiger partial charge in [-0.2, -0.15) is 0 Å². The number of ether oxygens (including phenoxy) is 3. The van der Waals surface area contributed by atoms with E-state index >= 15 is 0 Å². The van der Waals surface area contributed by atoms with Crippen molar-refractivity contribution in [1.29, 1.82) is 0 Å². The predicted molar refractivity (Wildman–Crippen MR) is 127 cm³/mol. The molecule has 170 valence electrons. The Bertz CT molecular complexity index is 824. The van der Waals surface area contributed by atoms with E-state index < -0.39 is 0 Å². The van der Waals surface area contributed by atoms with Crippen LogP contribution in [0.15, 0.2) is 47.5 Å². The highest BCUT2D eigenvalue weighted by atomic mass is 16.5. The van der Waals surface area contributed by atoms with Crippen LogP contribution in [0.25, 0.3) is 0 Å². The van der Waals surface area contributed by atoms with Gasteiger partial charge in [-0.25, -0.2) is 4.99 Å². The summed E-state index contributed by atoms with van der Waals surface area (Å²) in [6.45, 7) is 5.75. The van der Waals surface area contributed by atoms with Crippen molar-refractivity contribution in [2.45, 2.75) is 19.9 Å². The molecule has 2 aromatic rings. The topological polar surface area (TPSA) is 67.4 Å². The molecule has 2 aromatic carbocycles. The van der Waals surface area contributed by atoms with Crippen LogP contribution in [0.1, 0.15) is 18.1 Å². The van der Waals surface area contributed by atoms with Crippen molar-refractivity contribution < 1.29 is 14.2 Å². The number of hydrogen-bond acceptors (Lipinski definition) is 5. The molecule has 0 saturated carbocycles. The van der Waals surface area contributed by atoms with Crippen LogP contribution in [0.5, 0.6) is 17.2 Å². The Kier molecular flexibility index (Phi) is 10.5. The maximum absolute atomic E-state index is 5.82. The lowest BCUT2D eigenvalue weighted by Gasteiger charge is -2.13. The number of guanidine groups is 1. The lowest BCUT2D eigenvalue weighted by atomic mass is 10.1. The Morgan fingerprint density at radius 1 is 0.968 bits per heavy atom. The molecule has 0 aliphatic rings. The van der Waals surface area contributed by atoms with E-state index in [0.29, 0.717) is 13.2 Å². The first-order chi connectivity index (χ1) is 15.0. The monoisotopic (exact) mass is 428 g/mol. The lowest BCUT2D eigenvalue weighted by molar-refractivity contribution is 0.261. The summed E-state index contributed by atoms with van der Waals surface area (Å²) < 4.78 is 16.5. The second-order valence-corrected chi connectivity index (χ2v) is 7.36. The zero-order chi connectivity index (χ0) is 22.5. The van der Waals surface area contributed by atoms with E-state index in [1.807, 2.05) is 44.4 Å². The smallest absolute Gasteiger partial charge is 0.191 e. The number of hydrogen-bond donors (Lipinski definition) is 2. The number of methoxy groups -OCH3 is 2. The van der Waals surface area contributed by atoms with E-state index in [-0.39, 0.29) is 0 Å². The first kappa shape index (κ1) is 24.3. The molecule has 0 heterocycles. The van der Waals surface area contributed by atoms with Gasteiger partial charge in [0.15, 0.2) is 17.5 Å². The largest absolute Gasteiger partial charge is 0.493 e. The minimum absolute atomic E-state index is 0.580. The van der Waals surface area contributed by atoms with E-state index in [0.717, 1.165) is 54.8 Å². The fourth-order valence-electron chi connectivity index (χ4n) is 2.95. The lowest BCUT2D eigenvalue weighted by Crippen LogP contribution is -2.38. The maximum Gasteiger partial charge on any atom is 0.191 e. The van der Waals surface area contributed by atoms with Crippen LogP contribution in [0.2, 0.25) is 0 Å². The van der Waals surface area contributed by atoms with Crippen molar-refractivity contribution in [3.05, 3.63) is 53.6 Å². The number of rotatable bonds is 12. The third-order valence-electron chi connectivity index (χ3n) is 4.62. The summed E-state index contributed by atoms with van der Waals surface area (Å²) in [5.41, 5.74) is 2.28. The summed E-state index contributed by atoms with van der Waals surface area (Å²) in [5.74, 6) is 3.15. The number of nitrogens with one attached hydrogen (secondary N) is 2. The Morgan fingerprint density at radius 3 is 2.48 bits per heavy atom. The molecule has 31 heavy (non-hydrogen) atoms. The summed E-state index contributed by atoms with van der Waals surface area (Å²) in [4.78, 5) is 6.81.